The van der Waals surface area contributed by atoms with Crippen molar-refractivity contribution in [3.63, 3.8) is 0 Å². The van der Waals surface area contributed by atoms with Crippen molar-refractivity contribution in [2.24, 2.45) is 0 Å². The Bertz CT molecular complexity index is 417. The first-order valence-electron chi connectivity index (χ1n) is 3.53. The van der Waals surface area contributed by atoms with E-state index in [0.29, 0.717) is 6.07 Å². The van der Waals surface area contributed by atoms with Crippen LogP contribution in [-0.4, -0.2) is 11.1 Å². The van der Waals surface area contributed by atoms with Gasteiger partial charge in [0.15, 0.2) is 0 Å². The Morgan fingerprint density at radius 1 is 1.40 bits per heavy atom. The van der Waals surface area contributed by atoms with Crippen LogP contribution in [0.25, 0.3) is 0 Å². The van der Waals surface area contributed by atoms with Gasteiger partial charge in [0.2, 0.25) is 0 Å². The summed E-state index contributed by atoms with van der Waals surface area (Å²) in [6.45, 7) is 0. The number of carboxylic acids is 1. The maximum atomic E-state index is 12.4. The van der Waals surface area contributed by atoms with Crippen molar-refractivity contribution >= 4 is 33.5 Å². The molecule has 1 aromatic rings. The largest absolute Gasteiger partial charge is 0.478 e. The Labute approximate surface area is 95.8 Å². The number of hydrogen-bond acceptors (Lipinski definition) is 1. The second-order valence-corrected chi connectivity index (χ2v) is 3.82. The Hall–Kier alpha value is -0.750. The third-order valence-corrected chi connectivity index (χ3v) is 2.96. The quantitative estimate of drug-likeness (QED) is 0.856. The van der Waals surface area contributed by atoms with Gasteiger partial charge in [-0.15, -0.1) is 0 Å². The van der Waals surface area contributed by atoms with Crippen LogP contribution in [0.5, 0.6) is 0 Å². The lowest BCUT2D eigenvalue weighted by Gasteiger charge is -2.11. The van der Waals surface area contributed by atoms with Gasteiger partial charge in [0.05, 0.1) is 16.1 Å². The van der Waals surface area contributed by atoms with E-state index in [-0.39, 0.29) is 9.50 Å². The fourth-order valence-electron chi connectivity index (χ4n) is 0.919. The average Bonchev–Trinajstić information content (AvgIpc) is 2.06. The molecule has 0 fully saturated rings. The highest BCUT2D eigenvalue weighted by molar-refractivity contribution is 9.10. The van der Waals surface area contributed by atoms with Crippen LogP contribution >= 0.6 is 27.5 Å². The minimum atomic E-state index is -4.64. The summed E-state index contributed by atoms with van der Waals surface area (Å²) in [7, 11) is 0. The van der Waals surface area contributed by atoms with Crippen LogP contribution in [0.3, 0.4) is 0 Å². The van der Waals surface area contributed by atoms with E-state index in [1.165, 1.54) is 0 Å². The summed E-state index contributed by atoms with van der Waals surface area (Å²) in [5.74, 6) is -1.46. The normalized spacial score (nSPS) is 11.5. The number of carboxylic acid groups (broad SMARTS) is 1. The lowest BCUT2D eigenvalue weighted by Crippen LogP contribution is -2.09. The van der Waals surface area contributed by atoms with Crippen molar-refractivity contribution < 1.29 is 23.1 Å². The molecule has 0 heterocycles. The van der Waals surface area contributed by atoms with Crippen molar-refractivity contribution in [3.8, 4) is 0 Å². The molecule has 82 valence electrons. The molecule has 0 aliphatic carbocycles. The number of benzene rings is 1. The van der Waals surface area contributed by atoms with Gasteiger partial charge in [-0.05, 0) is 28.1 Å². The molecule has 0 saturated carbocycles. The van der Waals surface area contributed by atoms with Gasteiger partial charge >= 0.3 is 12.1 Å². The highest BCUT2D eigenvalue weighted by Crippen LogP contribution is 2.39. The summed E-state index contributed by atoms with van der Waals surface area (Å²) in [5.41, 5.74) is -1.61. The molecule has 0 atom stereocenters. The molecule has 2 nitrogen and oxygen atoms in total. The van der Waals surface area contributed by atoms with E-state index >= 15 is 0 Å². The summed E-state index contributed by atoms with van der Waals surface area (Å²) in [6.07, 6.45) is -4.64. The van der Waals surface area contributed by atoms with Gasteiger partial charge in [-0.25, -0.2) is 4.79 Å². The third-order valence-electron chi connectivity index (χ3n) is 1.58. The minimum absolute atomic E-state index is 0.290. The molecule has 0 spiro atoms. The SMILES string of the molecule is O=C(O)c1cc(Cl)c(Br)c(C(F)(F)F)c1. The Kier molecular flexibility index (Phi) is 3.30. The standard InChI is InChI=1S/C8H3BrClF3O2/c9-6-4(8(11,12)13)1-3(7(14)15)2-5(6)10/h1-2H,(H,14,15). The molecule has 15 heavy (non-hydrogen) atoms. The molecule has 7 heteroatoms. The van der Waals surface area contributed by atoms with E-state index in [1.54, 1.807) is 0 Å². The number of alkyl halides is 3. The van der Waals surface area contributed by atoms with Gasteiger partial charge in [-0.2, -0.15) is 13.2 Å². The van der Waals surface area contributed by atoms with E-state index < -0.39 is 23.3 Å². The maximum Gasteiger partial charge on any atom is 0.417 e. The predicted octanol–water partition coefficient (Wildman–Crippen LogP) is 3.82. The lowest BCUT2D eigenvalue weighted by molar-refractivity contribution is -0.138. The van der Waals surface area contributed by atoms with Gasteiger partial charge in [0, 0.05) is 4.47 Å². The summed E-state index contributed by atoms with van der Waals surface area (Å²) in [6, 6.07) is 1.47. The van der Waals surface area contributed by atoms with E-state index in [9.17, 15) is 18.0 Å². The van der Waals surface area contributed by atoms with Gasteiger partial charge in [-0.1, -0.05) is 11.6 Å². The smallest absolute Gasteiger partial charge is 0.417 e. The Morgan fingerprint density at radius 2 is 1.93 bits per heavy atom. The number of rotatable bonds is 1. The predicted molar refractivity (Wildman–Crippen MR) is 51.1 cm³/mol. The first kappa shape index (κ1) is 12.3. The zero-order valence-electron chi connectivity index (χ0n) is 6.90. The summed E-state index contributed by atoms with van der Waals surface area (Å²) in [4.78, 5) is 10.5. The fraction of sp³-hybridized carbons (Fsp3) is 0.125. The number of carbonyl (C=O) groups is 1. The first-order valence-corrected chi connectivity index (χ1v) is 4.70. The molecule has 1 N–H and O–H groups in total. The zero-order valence-corrected chi connectivity index (χ0v) is 9.24. The van der Waals surface area contributed by atoms with Gasteiger partial charge < -0.3 is 5.11 Å². The van der Waals surface area contributed by atoms with Crippen LogP contribution in [0.4, 0.5) is 13.2 Å². The topological polar surface area (TPSA) is 37.3 Å². The second-order valence-electron chi connectivity index (χ2n) is 2.62. The van der Waals surface area contributed by atoms with E-state index in [0.717, 1.165) is 6.07 Å². The Morgan fingerprint density at radius 3 is 2.33 bits per heavy atom. The summed E-state index contributed by atoms with van der Waals surface area (Å²) >= 11 is 8.11. The molecule has 0 aromatic heterocycles. The van der Waals surface area contributed by atoms with E-state index in [2.05, 4.69) is 15.9 Å². The van der Waals surface area contributed by atoms with Crippen LogP contribution in [0.2, 0.25) is 5.02 Å². The van der Waals surface area contributed by atoms with Gasteiger partial charge in [0.1, 0.15) is 0 Å². The summed E-state index contributed by atoms with van der Waals surface area (Å²) in [5, 5.41) is 8.26. The first-order chi connectivity index (χ1) is 6.73. The third kappa shape index (κ3) is 2.63. The van der Waals surface area contributed by atoms with Crippen molar-refractivity contribution in [2.45, 2.75) is 6.18 Å². The molecular weight excluding hydrogens is 300 g/mol. The van der Waals surface area contributed by atoms with Gasteiger partial charge in [-0.3, -0.25) is 0 Å². The number of hydrogen-bond donors (Lipinski definition) is 1. The average molecular weight is 303 g/mol. The summed E-state index contributed by atoms with van der Waals surface area (Å²) < 4.78 is 36.8. The van der Waals surface area contributed by atoms with E-state index in [4.69, 9.17) is 16.7 Å². The molecule has 0 aliphatic heterocycles. The molecule has 0 amide bonds. The van der Waals surface area contributed by atoms with Gasteiger partial charge in [0.25, 0.3) is 0 Å². The van der Waals surface area contributed by atoms with Crippen molar-refractivity contribution in [1.82, 2.24) is 0 Å². The van der Waals surface area contributed by atoms with Crippen molar-refractivity contribution in [2.75, 3.05) is 0 Å². The van der Waals surface area contributed by atoms with Crippen LogP contribution in [-0.2, 0) is 6.18 Å². The molecule has 0 saturated heterocycles. The van der Waals surface area contributed by atoms with Crippen molar-refractivity contribution in [1.29, 1.82) is 0 Å². The molecule has 1 rings (SSSR count). The van der Waals surface area contributed by atoms with E-state index in [1.807, 2.05) is 0 Å². The highest BCUT2D eigenvalue weighted by Gasteiger charge is 2.34. The minimum Gasteiger partial charge on any atom is -0.478 e. The highest BCUT2D eigenvalue weighted by atomic mass is 79.9. The van der Waals surface area contributed by atoms with Crippen molar-refractivity contribution in [3.05, 3.63) is 32.8 Å². The number of aromatic carboxylic acids is 1. The second kappa shape index (κ2) is 4.02. The molecule has 0 aliphatic rings. The van der Waals surface area contributed by atoms with Crippen LogP contribution in [0.15, 0.2) is 16.6 Å². The number of halogens is 5. The molecular formula is C8H3BrClF3O2. The zero-order chi connectivity index (χ0) is 11.8. The molecule has 1 aromatic carbocycles. The lowest BCUT2D eigenvalue weighted by atomic mass is 10.1. The molecule has 0 unspecified atom stereocenters. The molecule has 0 bridgehead atoms. The fourth-order valence-corrected chi connectivity index (χ4v) is 1.59. The molecule has 0 radical (unpaired) electrons. The van der Waals surface area contributed by atoms with Crippen LogP contribution in [0.1, 0.15) is 15.9 Å². The Balaban J connectivity index is 3.45. The van der Waals surface area contributed by atoms with Crippen LogP contribution < -0.4 is 0 Å². The maximum absolute atomic E-state index is 12.4. The van der Waals surface area contributed by atoms with Crippen LogP contribution in [0, 0.1) is 0 Å². The monoisotopic (exact) mass is 302 g/mol.